The fourth-order valence-electron chi connectivity index (χ4n) is 1.66. The van der Waals surface area contributed by atoms with Crippen molar-refractivity contribution in [3.8, 4) is 0 Å². The zero-order valence-corrected chi connectivity index (χ0v) is 11.1. The first-order valence-electron chi connectivity index (χ1n) is 6.18. The Labute approximate surface area is 118 Å². The van der Waals surface area contributed by atoms with Crippen LogP contribution >= 0.6 is 0 Å². The van der Waals surface area contributed by atoms with Gasteiger partial charge in [-0.15, -0.1) is 0 Å². The molecule has 112 valence electrons. The number of rotatable bonds is 3. The maximum absolute atomic E-state index is 12.6. The van der Waals surface area contributed by atoms with Gasteiger partial charge in [-0.05, 0) is 24.6 Å². The molecule has 0 aliphatic rings. The van der Waals surface area contributed by atoms with Crippen LogP contribution in [0.1, 0.15) is 18.2 Å². The molecule has 2 amide bonds. The molecule has 0 atom stereocenters. The van der Waals surface area contributed by atoms with Crippen LogP contribution in [0.5, 0.6) is 0 Å². The first kappa shape index (κ1) is 14.9. The lowest BCUT2D eigenvalue weighted by atomic mass is 10.2. The predicted molar refractivity (Wildman–Crippen MR) is 72.1 cm³/mol. The molecule has 2 rings (SSSR count). The highest BCUT2D eigenvalue weighted by molar-refractivity contribution is 5.99. The number of nitrogens with zero attached hydrogens (tertiary/aromatic N) is 1. The Kier molecular flexibility index (Phi) is 4.15. The van der Waals surface area contributed by atoms with Crippen molar-refractivity contribution in [2.45, 2.75) is 19.5 Å². The van der Waals surface area contributed by atoms with Gasteiger partial charge in [-0.2, -0.15) is 18.3 Å². The third kappa shape index (κ3) is 3.98. The maximum Gasteiger partial charge on any atom is 0.416 e. The van der Waals surface area contributed by atoms with E-state index in [4.69, 9.17) is 0 Å². The molecule has 8 heteroatoms. The van der Waals surface area contributed by atoms with Gasteiger partial charge >= 0.3 is 12.2 Å². The molecule has 0 bridgehead atoms. The minimum Gasteiger partial charge on any atom is -0.308 e. The quantitative estimate of drug-likeness (QED) is 0.809. The molecule has 1 heterocycles. The van der Waals surface area contributed by atoms with E-state index in [1.54, 1.807) is 6.07 Å². The number of nitrogens with one attached hydrogen (secondary N) is 3. The number of hydrogen-bond donors (Lipinski definition) is 3. The zero-order chi connectivity index (χ0) is 15.5. The Bertz CT molecular complexity index is 636. The van der Waals surface area contributed by atoms with Gasteiger partial charge in [0.1, 0.15) is 0 Å². The Balaban J connectivity index is 2.02. The van der Waals surface area contributed by atoms with Gasteiger partial charge < -0.3 is 5.32 Å². The summed E-state index contributed by atoms with van der Waals surface area (Å²) in [7, 11) is 0. The van der Waals surface area contributed by atoms with Crippen LogP contribution in [0.15, 0.2) is 30.3 Å². The predicted octanol–water partition coefficient (Wildman–Crippen LogP) is 3.63. The molecule has 0 saturated carbocycles. The van der Waals surface area contributed by atoms with E-state index in [-0.39, 0.29) is 5.69 Å². The molecule has 1 aromatic heterocycles. The summed E-state index contributed by atoms with van der Waals surface area (Å²) < 4.78 is 37.7. The lowest BCUT2D eigenvalue weighted by Gasteiger charge is -2.09. The van der Waals surface area contributed by atoms with E-state index in [9.17, 15) is 18.0 Å². The summed E-state index contributed by atoms with van der Waals surface area (Å²) in [5.41, 5.74) is 0.0614. The van der Waals surface area contributed by atoms with Crippen molar-refractivity contribution in [1.82, 2.24) is 10.2 Å². The van der Waals surface area contributed by atoms with E-state index in [2.05, 4.69) is 20.8 Å². The van der Waals surface area contributed by atoms with E-state index >= 15 is 0 Å². The molecule has 0 saturated heterocycles. The SMILES string of the molecule is CCc1cc(NC(=O)Nc2cccc(C(F)(F)F)c2)n[nH]1. The minimum atomic E-state index is -4.45. The second-order valence-electron chi connectivity index (χ2n) is 4.29. The monoisotopic (exact) mass is 298 g/mol. The van der Waals surface area contributed by atoms with Gasteiger partial charge in [0, 0.05) is 17.4 Å². The number of halogens is 3. The average molecular weight is 298 g/mol. The van der Waals surface area contributed by atoms with Crippen molar-refractivity contribution in [2.75, 3.05) is 10.6 Å². The van der Waals surface area contributed by atoms with Crippen molar-refractivity contribution < 1.29 is 18.0 Å². The van der Waals surface area contributed by atoms with Crippen LogP contribution in [0.4, 0.5) is 29.5 Å². The Hall–Kier alpha value is -2.51. The van der Waals surface area contributed by atoms with Crippen LogP contribution < -0.4 is 10.6 Å². The lowest BCUT2D eigenvalue weighted by Crippen LogP contribution is -2.20. The fourth-order valence-corrected chi connectivity index (χ4v) is 1.66. The number of anilines is 2. The van der Waals surface area contributed by atoms with Crippen LogP contribution in [-0.2, 0) is 12.6 Å². The number of amides is 2. The third-order valence-corrected chi connectivity index (χ3v) is 2.70. The Morgan fingerprint density at radius 3 is 2.67 bits per heavy atom. The molecular weight excluding hydrogens is 285 g/mol. The van der Waals surface area contributed by atoms with E-state index in [0.29, 0.717) is 5.82 Å². The summed E-state index contributed by atoms with van der Waals surface area (Å²) in [6.45, 7) is 1.92. The molecule has 1 aromatic carbocycles. The van der Waals surface area contributed by atoms with E-state index < -0.39 is 17.8 Å². The summed E-state index contributed by atoms with van der Waals surface area (Å²) in [6, 6.07) is 5.37. The molecule has 0 aliphatic carbocycles. The second kappa shape index (κ2) is 5.86. The Morgan fingerprint density at radius 2 is 2.05 bits per heavy atom. The number of H-pyrrole nitrogens is 1. The van der Waals surface area contributed by atoms with Crippen molar-refractivity contribution >= 4 is 17.5 Å². The molecule has 21 heavy (non-hydrogen) atoms. The summed E-state index contributed by atoms with van der Waals surface area (Å²) in [6.07, 6.45) is -3.73. The molecular formula is C13H13F3N4O. The van der Waals surface area contributed by atoms with Gasteiger partial charge in [0.05, 0.1) is 5.56 Å². The van der Waals surface area contributed by atoms with Crippen molar-refractivity contribution in [3.05, 3.63) is 41.6 Å². The number of aryl methyl sites for hydroxylation is 1. The number of carbonyl (C=O) groups excluding carboxylic acids is 1. The van der Waals surface area contributed by atoms with Crippen LogP contribution in [0.2, 0.25) is 0 Å². The average Bonchev–Trinajstić information content (AvgIpc) is 2.85. The standard InChI is InChI=1S/C13H13F3N4O/c1-2-9-7-11(20-19-9)18-12(21)17-10-5-3-4-8(6-10)13(14,15)16/h3-7H,2H2,1H3,(H3,17,18,19,20,21). The highest BCUT2D eigenvalue weighted by atomic mass is 19.4. The number of urea groups is 1. The number of aromatic amines is 1. The smallest absolute Gasteiger partial charge is 0.308 e. The summed E-state index contributed by atoms with van der Waals surface area (Å²) >= 11 is 0. The van der Waals surface area contributed by atoms with Crippen LogP contribution in [-0.4, -0.2) is 16.2 Å². The molecule has 0 aliphatic heterocycles. The lowest BCUT2D eigenvalue weighted by molar-refractivity contribution is -0.137. The summed E-state index contributed by atoms with van der Waals surface area (Å²) in [5.74, 6) is 0.302. The molecule has 2 aromatic rings. The zero-order valence-electron chi connectivity index (χ0n) is 11.1. The van der Waals surface area contributed by atoms with Crippen molar-refractivity contribution in [3.63, 3.8) is 0 Å². The van der Waals surface area contributed by atoms with Gasteiger partial charge in [-0.25, -0.2) is 4.79 Å². The highest BCUT2D eigenvalue weighted by Gasteiger charge is 2.30. The molecule has 5 nitrogen and oxygen atoms in total. The highest BCUT2D eigenvalue weighted by Crippen LogP contribution is 2.30. The number of alkyl halides is 3. The topological polar surface area (TPSA) is 69.8 Å². The van der Waals surface area contributed by atoms with Crippen molar-refractivity contribution in [2.24, 2.45) is 0 Å². The third-order valence-electron chi connectivity index (χ3n) is 2.70. The van der Waals surface area contributed by atoms with Gasteiger partial charge in [-0.1, -0.05) is 13.0 Å². The summed E-state index contributed by atoms with van der Waals surface area (Å²) in [5, 5.41) is 11.3. The van der Waals surface area contributed by atoms with Crippen LogP contribution in [0, 0.1) is 0 Å². The van der Waals surface area contributed by atoms with Crippen molar-refractivity contribution in [1.29, 1.82) is 0 Å². The maximum atomic E-state index is 12.6. The molecule has 3 N–H and O–H groups in total. The molecule has 0 radical (unpaired) electrons. The van der Waals surface area contributed by atoms with Gasteiger partial charge in [0.15, 0.2) is 5.82 Å². The second-order valence-corrected chi connectivity index (χ2v) is 4.29. The first-order chi connectivity index (χ1) is 9.88. The number of aromatic nitrogens is 2. The molecule has 0 spiro atoms. The van der Waals surface area contributed by atoms with Gasteiger partial charge in [0.25, 0.3) is 0 Å². The molecule has 0 fully saturated rings. The van der Waals surface area contributed by atoms with Gasteiger partial charge in [0.2, 0.25) is 0 Å². The minimum absolute atomic E-state index is 0.0496. The normalized spacial score (nSPS) is 11.2. The first-order valence-corrected chi connectivity index (χ1v) is 6.18. The fraction of sp³-hybridized carbons (Fsp3) is 0.231. The largest absolute Gasteiger partial charge is 0.416 e. The Morgan fingerprint density at radius 1 is 1.29 bits per heavy atom. The van der Waals surface area contributed by atoms with E-state index in [1.807, 2.05) is 6.92 Å². The van der Waals surface area contributed by atoms with E-state index in [0.717, 1.165) is 24.2 Å². The van der Waals surface area contributed by atoms with Crippen LogP contribution in [0.3, 0.4) is 0 Å². The summed E-state index contributed by atoms with van der Waals surface area (Å²) in [4.78, 5) is 11.7. The number of benzene rings is 1. The van der Waals surface area contributed by atoms with E-state index in [1.165, 1.54) is 12.1 Å². The number of hydrogen-bond acceptors (Lipinski definition) is 2. The van der Waals surface area contributed by atoms with Crippen LogP contribution in [0.25, 0.3) is 0 Å². The molecule has 0 unspecified atom stereocenters. The van der Waals surface area contributed by atoms with Gasteiger partial charge in [-0.3, -0.25) is 10.4 Å². The number of carbonyl (C=O) groups is 1.